The van der Waals surface area contributed by atoms with Gasteiger partial charge in [0, 0.05) is 6.04 Å². The Morgan fingerprint density at radius 2 is 2.11 bits per heavy atom. The fourth-order valence-corrected chi connectivity index (χ4v) is 2.48. The van der Waals surface area contributed by atoms with E-state index in [-0.39, 0.29) is 10.5 Å². The SMILES string of the molecule is C=C(C)CCC(NCCC)c1ccc(F)c(F)c1Br. The molecule has 1 aromatic carbocycles. The quantitative estimate of drug-likeness (QED) is 0.539. The van der Waals surface area contributed by atoms with Crippen molar-refractivity contribution in [2.45, 2.75) is 39.2 Å². The van der Waals surface area contributed by atoms with Crippen LogP contribution >= 0.6 is 15.9 Å². The van der Waals surface area contributed by atoms with Crippen molar-refractivity contribution in [1.82, 2.24) is 5.32 Å². The molecule has 106 valence electrons. The summed E-state index contributed by atoms with van der Waals surface area (Å²) in [5, 5.41) is 3.37. The van der Waals surface area contributed by atoms with Crippen LogP contribution in [0.2, 0.25) is 0 Å². The maximum absolute atomic E-state index is 13.6. The Bertz CT molecular complexity index is 446. The van der Waals surface area contributed by atoms with Gasteiger partial charge in [0.1, 0.15) is 0 Å². The molecule has 4 heteroatoms. The number of hydrogen-bond acceptors (Lipinski definition) is 1. The Morgan fingerprint density at radius 1 is 1.42 bits per heavy atom. The van der Waals surface area contributed by atoms with Crippen LogP contribution in [0.1, 0.15) is 44.7 Å². The lowest BCUT2D eigenvalue weighted by Gasteiger charge is -2.21. The summed E-state index contributed by atoms with van der Waals surface area (Å²) in [5.41, 5.74) is 1.84. The van der Waals surface area contributed by atoms with Crippen molar-refractivity contribution in [2.24, 2.45) is 0 Å². The number of nitrogens with one attached hydrogen (secondary N) is 1. The first-order valence-electron chi connectivity index (χ1n) is 6.48. The molecule has 0 aromatic heterocycles. The van der Waals surface area contributed by atoms with Gasteiger partial charge in [-0.1, -0.05) is 18.6 Å². The lowest BCUT2D eigenvalue weighted by Crippen LogP contribution is -2.23. The van der Waals surface area contributed by atoms with E-state index in [0.29, 0.717) is 0 Å². The minimum absolute atomic E-state index is 0.00104. The Labute approximate surface area is 122 Å². The molecule has 19 heavy (non-hydrogen) atoms. The predicted molar refractivity (Wildman–Crippen MR) is 79.1 cm³/mol. The summed E-state index contributed by atoms with van der Waals surface area (Å²) in [5.74, 6) is -1.65. The van der Waals surface area contributed by atoms with E-state index < -0.39 is 11.6 Å². The van der Waals surface area contributed by atoms with Crippen LogP contribution in [0, 0.1) is 11.6 Å². The molecule has 0 saturated carbocycles. The van der Waals surface area contributed by atoms with Gasteiger partial charge in [0.2, 0.25) is 0 Å². The van der Waals surface area contributed by atoms with Gasteiger partial charge in [0.05, 0.1) is 4.47 Å². The summed E-state index contributed by atoms with van der Waals surface area (Å²) in [6.07, 6.45) is 2.66. The molecule has 1 atom stereocenters. The van der Waals surface area contributed by atoms with Gasteiger partial charge in [-0.25, -0.2) is 8.78 Å². The number of halogens is 3. The molecule has 0 bridgehead atoms. The van der Waals surface area contributed by atoms with Crippen LogP contribution < -0.4 is 5.32 Å². The zero-order valence-corrected chi connectivity index (χ0v) is 13.0. The average molecular weight is 332 g/mol. The highest BCUT2D eigenvalue weighted by Crippen LogP contribution is 2.30. The van der Waals surface area contributed by atoms with Gasteiger partial charge in [-0.2, -0.15) is 0 Å². The molecule has 0 spiro atoms. The van der Waals surface area contributed by atoms with Gasteiger partial charge in [0.25, 0.3) is 0 Å². The fraction of sp³-hybridized carbons (Fsp3) is 0.467. The summed E-state index contributed by atoms with van der Waals surface area (Å²) >= 11 is 3.15. The van der Waals surface area contributed by atoms with Crippen LogP contribution in [0.15, 0.2) is 28.8 Å². The molecule has 0 radical (unpaired) electrons. The van der Waals surface area contributed by atoms with Crippen LogP contribution in [0.3, 0.4) is 0 Å². The first-order chi connectivity index (χ1) is 8.97. The van der Waals surface area contributed by atoms with Crippen LogP contribution in [0.4, 0.5) is 8.78 Å². The smallest absolute Gasteiger partial charge is 0.173 e. The summed E-state index contributed by atoms with van der Waals surface area (Å²) in [4.78, 5) is 0. The molecule has 1 nitrogen and oxygen atoms in total. The second-order valence-corrected chi connectivity index (χ2v) is 5.56. The number of allylic oxidation sites excluding steroid dienone is 1. The highest BCUT2D eigenvalue weighted by Gasteiger charge is 2.18. The Morgan fingerprint density at radius 3 is 2.68 bits per heavy atom. The van der Waals surface area contributed by atoms with Gasteiger partial charge in [-0.05, 0) is 60.3 Å². The van der Waals surface area contributed by atoms with Crippen molar-refractivity contribution in [1.29, 1.82) is 0 Å². The number of benzene rings is 1. The van der Waals surface area contributed by atoms with Gasteiger partial charge in [0.15, 0.2) is 11.6 Å². The third-order valence-corrected chi connectivity index (χ3v) is 3.75. The Kier molecular flexibility index (Phi) is 6.66. The Balaban J connectivity index is 2.95. The summed E-state index contributed by atoms with van der Waals surface area (Å²) < 4.78 is 27.0. The van der Waals surface area contributed by atoms with Gasteiger partial charge >= 0.3 is 0 Å². The van der Waals surface area contributed by atoms with Crippen molar-refractivity contribution in [3.8, 4) is 0 Å². The molecule has 0 aliphatic rings. The van der Waals surface area contributed by atoms with E-state index in [1.807, 2.05) is 6.92 Å². The lowest BCUT2D eigenvalue weighted by atomic mass is 9.99. The van der Waals surface area contributed by atoms with E-state index in [1.165, 1.54) is 6.07 Å². The minimum Gasteiger partial charge on any atom is -0.310 e. The van der Waals surface area contributed by atoms with Crippen molar-refractivity contribution in [2.75, 3.05) is 6.54 Å². The van der Waals surface area contributed by atoms with E-state index in [0.717, 1.165) is 36.9 Å². The average Bonchev–Trinajstić information content (AvgIpc) is 2.37. The zero-order valence-electron chi connectivity index (χ0n) is 11.4. The fourth-order valence-electron chi connectivity index (χ4n) is 1.89. The maximum atomic E-state index is 13.6. The topological polar surface area (TPSA) is 12.0 Å². The minimum atomic E-state index is -0.829. The predicted octanol–water partition coefficient (Wildman–Crippen LogP) is 5.12. The molecule has 0 aliphatic heterocycles. The Hall–Kier alpha value is -0.740. The maximum Gasteiger partial charge on any atom is 0.173 e. The second-order valence-electron chi connectivity index (χ2n) is 4.77. The van der Waals surface area contributed by atoms with E-state index >= 15 is 0 Å². The van der Waals surface area contributed by atoms with Crippen molar-refractivity contribution in [3.63, 3.8) is 0 Å². The third kappa shape index (κ3) is 4.69. The van der Waals surface area contributed by atoms with Gasteiger partial charge in [-0.15, -0.1) is 6.58 Å². The third-order valence-electron chi connectivity index (χ3n) is 2.94. The van der Waals surface area contributed by atoms with E-state index in [2.05, 4.69) is 34.7 Å². The molecule has 0 saturated heterocycles. The molecule has 1 unspecified atom stereocenters. The van der Waals surface area contributed by atoms with Crippen molar-refractivity contribution in [3.05, 3.63) is 46.0 Å². The first-order valence-corrected chi connectivity index (χ1v) is 7.27. The van der Waals surface area contributed by atoms with Crippen LogP contribution in [-0.4, -0.2) is 6.54 Å². The number of hydrogen-bond donors (Lipinski definition) is 1. The number of rotatable bonds is 7. The van der Waals surface area contributed by atoms with E-state index in [1.54, 1.807) is 6.07 Å². The zero-order chi connectivity index (χ0) is 14.4. The van der Waals surface area contributed by atoms with E-state index in [9.17, 15) is 8.78 Å². The van der Waals surface area contributed by atoms with Gasteiger partial charge in [-0.3, -0.25) is 0 Å². The van der Waals surface area contributed by atoms with Crippen molar-refractivity contribution >= 4 is 15.9 Å². The molecule has 1 rings (SSSR count). The molecule has 0 fully saturated rings. The van der Waals surface area contributed by atoms with E-state index in [4.69, 9.17) is 0 Å². The lowest BCUT2D eigenvalue weighted by molar-refractivity contribution is 0.475. The van der Waals surface area contributed by atoms with Crippen LogP contribution in [0.25, 0.3) is 0 Å². The van der Waals surface area contributed by atoms with Crippen LogP contribution in [0.5, 0.6) is 0 Å². The molecular formula is C15H20BrF2N. The van der Waals surface area contributed by atoms with Crippen molar-refractivity contribution < 1.29 is 8.78 Å². The molecule has 1 aromatic rings. The largest absolute Gasteiger partial charge is 0.310 e. The normalized spacial score (nSPS) is 12.5. The molecule has 1 N–H and O–H groups in total. The molecular weight excluding hydrogens is 312 g/mol. The first kappa shape index (κ1) is 16.3. The summed E-state index contributed by atoms with van der Waals surface area (Å²) in [6.45, 7) is 8.76. The van der Waals surface area contributed by atoms with Crippen LogP contribution in [-0.2, 0) is 0 Å². The summed E-state index contributed by atoms with van der Waals surface area (Å²) in [6, 6.07) is 2.81. The molecule has 0 aliphatic carbocycles. The van der Waals surface area contributed by atoms with Gasteiger partial charge < -0.3 is 5.32 Å². The highest BCUT2D eigenvalue weighted by molar-refractivity contribution is 9.10. The summed E-state index contributed by atoms with van der Waals surface area (Å²) in [7, 11) is 0. The second kappa shape index (κ2) is 7.75. The standard InChI is InChI=1S/C15H20BrF2N/c1-4-9-19-13(8-5-10(2)3)11-6-7-12(17)15(18)14(11)16/h6-7,13,19H,2,4-5,8-9H2,1,3H3. The molecule has 0 amide bonds. The monoisotopic (exact) mass is 331 g/mol. The highest BCUT2D eigenvalue weighted by atomic mass is 79.9. The molecule has 0 heterocycles.